The number of benzene rings is 1. The van der Waals surface area contributed by atoms with E-state index in [0.29, 0.717) is 0 Å². The van der Waals surface area contributed by atoms with E-state index in [4.69, 9.17) is 5.11 Å². The molecule has 0 saturated heterocycles. The third-order valence-corrected chi connectivity index (χ3v) is 2.16. The first-order valence-corrected chi connectivity index (χ1v) is 5.31. The van der Waals surface area contributed by atoms with Crippen LogP contribution in [0.15, 0.2) is 46.0 Å². The number of hydrogen-bond acceptors (Lipinski definition) is 6. The summed E-state index contributed by atoms with van der Waals surface area (Å²) in [5.41, 5.74) is -2.19. The molecule has 0 amide bonds. The van der Waals surface area contributed by atoms with Crippen LogP contribution in [0, 0.1) is 10.1 Å². The SMILES string of the molecule is CC(=O)/C(N=Nc1ccccc1[N+](=O)[O-])=C(/O)C(F)(F)F. The molecule has 10 heteroatoms. The predicted molar refractivity (Wildman–Crippen MR) is 64.0 cm³/mol. The van der Waals surface area contributed by atoms with E-state index in [0.717, 1.165) is 19.1 Å². The van der Waals surface area contributed by atoms with Crippen molar-refractivity contribution < 1.29 is 28.0 Å². The molecule has 1 rings (SSSR count). The minimum atomic E-state index is -5.18. The summed E-state index contributed by atoms with van der Waals surface area (Å²) < 4.78 is 37.0. The molecule has 1 aromatic rings. The second-order valence-electron chi connectivity index (χ2n) is 3.70. The summed E-state index contributed by atoms with van der Waals surface area (Å²) in [6.07, 6.45) is -5.18. The van der Waals surface area contributed by atoms with Crippen molar-refractivity contribution in [2.75, 3.05) is 0 Å². The fourth-order valence-corrected chi connectivity index (χ4v) is 1.23. The highest BCUT2D eigenvalue weighted by atomic mass is 19.4. The number of aliphatic hydroxyl groups excluding tert-OH is 1. The van der Waals surface area contributed by atoms with Gasteiger partial charge in [0.1, 0.15) is 0 Å². The van der Waals surface area contributed by atoms with Crippen LogP contribution in [0.25, 0.3) is 0 Å². The van der Waals surface area contributed by atoms with E-state index in [9.17, 15) is 28.1 Å². The van der Waals surface area contributed by atoms with E-state index in [2.05, 4.69) is 10.2 Å². The largest absolute Gasteiger partial charge is 0.503 e. The van der Waals surface area contributed by atoms with Crippen LogP contribution < -0.4 is 0 Å². The fraction of sp³-hybridized carbons (Fsp3) is 0.182. The highest BCUT2D eigenvalue weighted by Gasteiger charge is 2.38. The Balaban J connectivity index is 3.30. The molecule has 0 heterocycles. The average molecular weight is 303 g/mol. The number of azo groups is 1. The van der Waals surface area contributed by atoms with Crippen LogP contribution in [0.5, 0.6) is 0 Å². The van der Waals surface area contributed by atoms with Gasteiger partial charge < -0.3 is 5.11 Å². The number of aliphatic hydroxyl groups is 1. The molecule has 0 spiro atoms. The van der Waals surface area contributed by atoms with Crippen LogP contribution in [0.2, 0.25) is 0 Å². The molecule has 21 heavy (non-hydrogen) atoms. The third-order valence-electron chi connectivity index (χ3n) is 2.16. The lowest BCUT2D eigenvalue weighted by Crippen LogP contribution is -2.16. The first kappa shape index (κ1) is 16.3. The topological polar surface area (TPSA) is 105 Å². The summed E-state index contributed by atoms with van der Waals surface area (Å²) in [6.45, 7) is 0.746. The summed E-state index contributed by atoms with van der Waals surface area (Å²) >= 11 is 0. The average Bonchev–Trinajstić information content (AvgIpc) is 2.37. The lowest BCUT2D eigenvalue weighted by Gasteiger charge is -2.06. The number of allylic oxidation sites excluding steroid dienone is 2. The second-order valence-corrected chi connectivity index (χ2v) is 3.70. The molecule has 112 valence electrons. The molecule has 0 saturated carbocycles. The van der Waals surface area contributed by atoms with Crippen LogP contribution >= 0.6 is 0 Å². The number of carbonyl (C=O) groups excluding carboxylic acids is 1. The van der Waals surface area contributed by atoms with Crippen LogP contribution in [-0.2, 0) is 4.79 Å². The molecule has 0 aliphatic heterocycles. The Bertz CT molecular complexity index is 638. The van der Waals surface area contributed by atoms with Gasteiger partial charge in [-0.15, -0.1) is 10.2 Å². The summed E-state index contributed by atoms with van der Waals surface area (Å²) in [5.74, 6) is -3.40. The van der Waals surface area contributed by atoms with Crippen LogP contribution in [0.1, 0.15) is 6.92 Å². The van der Waals surface area contributed by atoms with Gasteiger partial charge in [-0.1, -0.05) is 12.1 Å². The van der Waals surface area contributed by atoms with Crippen molar-refractivity contribution in [2.45, 2.75) is 13.1 Å². The molecule has 7 nitrogen and oxygen atoms in total. The van der Waals surface area contributed by atoms with Crippen LogP contribution in [-0.4, -0.2) is 22.0 Å². The van der Waals surface area contributed by atoms with Gasteiger partial charge in [-0.05, 0) is 6.07 Å². The Hall–Kier alpha value is -2.78. The van der Waals surface area contributed by atoms with Gasteiger partial charge in [-0.2, -0.15) is 13.2 Å². The van der Waals surface area contributed by atoms with Gasteiger partial charge in [0, 0.05) is 13.0 Å². The van der Waals surface area contributed by atoms with E-state index < -0.39 is 34.0 Å². The Kier molecular flexibility index (Phi) is 4.74. The number of para-hydroxylation sites is 1. The van der Waals surface area contributed by atoms with E-state index in [1.165, 1.54) is 12.1 Å². The normalized spacial score (nSPS) is 13.1. The fourth-order valence-electron chi connectivity index (χ4n) is 1.23. The maximum Gasteiger partial charge on any atom is 0.451 e. The van der Waals surface area contributed by atoms with E-state index in [1.54, 1.807) is 0 Å². The van der Waals surface area contributed by atoms with E-state index >= 15 is 0 Å². The van der Waals surface area contributed by atoms with E-state index in [-0.39, 0.29) is 5.69 Å². The highest BCUT2D eigenvalue weighted by Crippen LogP contribution is 2.30. The Morgan fingerprint density at radius 2 is 1.90 bits per heavy atom. The number of carbonyl (C=O) groups is 1. The molecule has 0 unspecified atom stereocenters. The van der Waals surface area contributed by atoms with Gasteiger partial charge in [0.2, 0.25) is 5.76 Å². The van der Waals surface area contributed by atoms with Crippen molar-refractivity contribution in [3.05, 3.63) is 45.8 Å². The number of rotatable bonds is 4. The lowest BCUT2D eigenvalue weighted by atomic mass is 10.2. The van der Waals surface area contributed by atoms with Gasteiger partial charge in [-0.3, -0.25) is 14.9 Å². The maximum atomic E-state index is 12.3. The number of alkyl halides is 3. The van der Waals surface area contributed by atoms with Gasteiger partial charge in [-0.25, -0.2) is 0 Å². The number of Topliss-reactive ketones (excluding diaryl/α,β-unsaturated/α-hetero) is 1. The zero-order valence-electron chi connectivity index (χ0n) is 10.5. The number of nitro benzene ring substituents is 1. The number of nitro groups is 1. The first-order valence-electron chi connectivity index (χ1n) is 5.31. The summed E-state index contributed by atoms with van der Waals surface area (Å²) in [5, 5.41) is 25.8. The van der Waals surface area contributed by atoms with E-state index in [1.807, 2.05) is 0 Å². The minimum Gasteiger partial charge on any atom is -0.503 e. The Morgan fingerprint density at radius 1 is 1.33 bits per heavy atom. The number of hydrogen-bond donors (Lipinski definition) is 1. The summed E-state index contributed by atoms with van der Waals surface area (Å²) in [7, 11) is 0. The van der Waals surface area contributed by atoms with Crippen molar-refractivity contribution in [1.29, 1.82) is 0 Å². The van der Waals surface area contributed by atoms with Crippen molar-refractivity contribution >= 4 is 17.2 Å². The molecule has 0 aliphatic rings. The summed E-state index contributed by atoms with van der Waals surface area (Å²) in [6, 6.07) is 4.87. The third kappa shape index (κ3) is 4.09. The van der Waals surface area contributed by atoms with Crippen molar-refractivity contribution in [1.82, 2.24) is 0 Å². The molecule has 0 aromatic heterocycles. The predicted octanol–water partition coefficient (Wildman–Crippen LogP) is 3.60. The molecule has 0 aliphatic carbocycles. The van der Waals surface area contributed by atoms with Crippen LogP contribution in [0.3, 0.4) is 0 Å². The van der Waals surface area contributed by atoms with Crippen molar-refractivity contribution in [3.63, 3.8) is 0 Å². The number of ketones is 1. The smallest absolute Gasteiger partial charge is 0.451 e. The molecule has 1 aromatic carbocycles. The zero-order chi connectivity index (χ0) is 16.2. The molecule has 0 bridgehead atoms. The summed E-state index contributed by atoms with van der Waals surface area (Å²) in [4.78, 5) is 20.9. The lowest BCUT2D eigenvalue weighted by molar-refractivity contribution is -0.384. The Labute approximate surface area is 115 Å². The second kappa shape index (κ2) is 6.11. The minimum absolute atomic E-state index is 0.351. The first-order chi connectivity index (χ1) is 9.64. The van der Waals surface area contributed by atoms with Crippen molar-refractivity contribution in [3.8, 4) is 0 Å². The Morgan fingerprint density at radius 3 is 2.38 bits per heavy atom. The maximum absolute atomic E-state index is 12.3. The van der Waals surface area contributed by atoms with Crippen molar-refractivity contribution in [2.24, 2.45) is 10.2 Å². The molecule has 1 N–H and O–H groups in total. The molecule has 0 radical (unpaired) electrons. The number of halogens is 3. The standard InChI is InChI=1S/C11H8F3N3O4/c1-6(18)9(10(19)11(12,13)14)16-15-7-4-2-3-5-8(7)17(20)21/h2-5,19H,1H3/b10-9-,16-15?. The van der Waals surface area contributed by atoms with Gasteiger partial charge in [0.25, 0.3) is 5.69 Å². The quantitative estimate of drug-likeness (QED) is 0.301. The number of nitrogens with zero attached hydrogens (tertiary/aromatic N) is 3. The highest BCUT2D eigenvalue weighted by molar-refractivity contribution is 5.93. The van der Waals surface area contributed by atoms with Gasteiger partial charge in [0.05, 0.1) is 4.92 Å². The molecule has 0 atom stereocenters. The monoisotopic (exact) mass is 303 g/mol. The van der Waals surface area contributed by atoms with Gasteiger partial charge >= 0.3 is 6.18 Å². The molecular weight excluding hydrogens is 295 g/mol. The zero-order valence-corrected chi connectivity index (χ0v) is 10.5. The van der Waals surface area contributed by atoms with Crippen LogP contribution in [0.4, 0.5) is 24.5 Å². The molecular formula is C11H8F3N3O4. The molecule has 0 fully saturated rings. The van der Waals surface area contributed by atoms with Gasteiger partial charge in [0.15, 0.2) is 17.2 Å².